The number of halogens is 2. The molecule has 2 unspecified atom stereocenters. The van der Waals surface area contributed by atoms with Gasteiger partial charge in [-0.05, 0) is 54.3 Å². The maximum absolute atomic E-state index is 6.38. The van der Waals surface area contributed by atoms with Gasteiger partial charge < -0.3 is 5.32 Å². The highest BCUT2D eigenvalue weighted by Gasteiger charge is 2.58. The second-order valence-electron chi connectivity index (χ2n) is 6.25. The lowest BCUT2D eigenvalue weighted by molar-refractivity contribution is 0.517. The molecule has 0 amide bonds. The maximum Gasteiger partial charge on any atom is 0.0452 e. The van der Waals surface area contributed by atoms with Gasteiger partial charge in [-0.2, -0.15) is 0 Å². The average Bonchev–Trinajstić information content (AvgIpc) is 3.15. The van der Waals surface area contributed by atoms with Crippen molar-refractivity contribution in [3.63, 3.8) is 0 Å². The molecule has 2 aliphatic carbocycles. The molecule has 1 nitrogen and oxygen atoms in total. The van der Waals surface area contributed by atoms with Crippen molar-refractivity contribution in [2.24, 2.45) is 11.3 Å². The van der Waals surface area contributed by atoms with Gasteiger partial charge in [-0.25, -0.2) is 0 Å². The van der Waals surface area contributed by atoms with E-state index < -0.39 is 0 Å². The van der Waals surface area contributed by atoms with Crippen LogP contribution in [0.25, 0.3) is 0 Å². The molecule has 18 heavy (non-hydrogen) atoms. The number of hydrogen-bond donors (Lipinski definition) is 1. The number of benzene rings is 1. The van der Waals surface area contributed by atoms with Crippen molar-refractivity contribution in [3.8, 4) is 0 Å². The molecule has 0 aliphatic heterocycles. The molecule has 0 spiro atoms. The number of rotatable bonds is 4. The van der Waals surface area contributed by atoms with E-state index in [0.717, 1.165) is 28.0 Å². The smallest absolute Gasteiger partial charge is 0.0452 e. The fraction of sp³-hybridized carbons (Fsp3) is 0.600. The molecule has 0 heterocycles. The minimum atomic E-state index is 0.374. The van der Waals surface area contributed by atoms with Gasteiger partial charge in [0.15, 0.2) is 0 Å². The molecule has 1 aromatic carbocycles. The van der Waals surface area contributed by atoms with Crippen LogP contribution in [0.15, 0.2) is 22.7 Å². The number of nitrogens with one attached hydrogen (secondary N) is 1. The van der Waals surface area contributed by atoms with Crippen LogP contribution in [-0.2, 0) is 0 Å². The summed E-state index contributed by atoms with van der Waals surface area (Å²) in [5.41, 5.74) is 1.69. The summed E-state index contributed by atoms with van der Waals surface area (Å²) >= 11 is 9.85. The Morgan fingerprint density at radius 1 is 1.39 bits per heavy atom. The summed E-state index contributed by atoms with van der Waals surface area (Å²) in [6, 6.07) is 7.08. The van der Waals surface area contributed by atoms with Gasteiger partial charge in [0.05, 0.1) is 0 Å². The van der Waals surface area contributed by atoms with Gasteiger partial charge >= 0.3 is 0 Å². The number of hydrogen-bond acceptors (Lipinski definition) is 1. The van der Waals surface area contributed by atoms with E-state index in [1.54, 1.807) is 0 Å². The van der Waals surface area contributed by atoms with E-state index in [1.165, 1.54) is 18.4 Å². The third-order valence-electron chi connectivity index (χ3n) is 4.55. The summed E-state index contributed by atoms with van der Waals surface area (Å²) in [6.07, 6.45) is 2.72. The van der Waals surface area contributed by atoms with E-state index in [1.807, 2.05) is 6.07 Å². The Kier molecular flexibility index (Phi) is 3.24. The van der Waals surface area contributed by atoms with Crippen LogP contribution in [0.2, 0.25) is 5.02 Å². The highest BCUT2D eigenvalue weighted by Crippen LogP contribution is 2.65. The Morgan fingerprint density at radius 3 is 2.72 bits per heavy atom. The Hall–Kier alpha value is -0.0500. The van der Waals surface area contributed by atoms with Crippen molar-refractivity contribution < 1.29 is 0 Å². The van der Waals surface area contributed by atoms with Crippen LogP contribution < -0.4 is 5.32 Å². The van der Waals surface area contributed by atoms with Crippen molar-refractivity contribution in [1.29, 1.82) is 0 Å². The van der Waals surface area contributed by atoms with Crippen LogP contribution in [0.3, 0.4) is 0 Å². The van der Waals surface area contributed by atoms with Crippen LogP contribution in [0.1, 0.15) is 38.2 Å². The summed E-state index contributed by atoms with van der Waals surface area (Å²) in [5.74, 6) is 1.32. The minimum absolute atomic E-state index is 0.374. The fourth-order valence-corrected chi connectivity index (χ4v) is 3.87. The van der Waals surface area contributed by atoms with Gasteiger partial charge in [0.2, 0.25) is 0 Å². The molecule has 98 valence electrons. The Labute approximate surface area is 122 Å². The zero-order chi connectivity index (χ0) is 12.9. The van der Waals surface area contributed by atoms with E-state index in [4.69, 9.17) is 11.6 Å². The Bertz CT molecular complexity index is 468. The molecule has 2 saturated carbocycles. The molecule has 2 fully saturated rings. The lowest BCUT2D eigenvalue weighted by atomic mass is 10.0. The normalized spacial score (nSPS) is 29.3. The van der Waals surface area contributed by atoms with Crippen LogP contribution in [0.5, 0.6) is 0 Å². The molecule has 0 radical (unpaired) electrons. The molecule has 1 aromatic rings. The molecular weight excluding hydrogens is 310 g/mol. The molecule has 0 bridgehead atoms. The third kappa shape index (κ3) is 2.35. The van der Waals surface area contributed by atoms with E-state index in [-0.39, 0.29) is 0 Å². The van der Waals surface area contributed by atoms with E-state index in [0.29, 0.717) is 11.3 Å². The van der Waals surface area contributed by atoms with Gasteiger partial charge in [-0.15, -0.1) is 0 Å². The first-order valence-corrected chi connectivity index (χ1v) is 7.85. The molecule has 2 aliphatic rings. The van der Waals surface area contributed by atoms with E-state index in [9.17, 15) is 0 Å². The summed E-state index contributed by atoms with van der Waals surface area (Å²) < 4.78 is 1.06. The van der Waals surface area contributed by atoms with E-state index >= 15 is 0 Å². The van der Waals surface area contributed by atoms with Gasteiger partial charge in [0, 0.05) is 15.5 Å². The fourth-order valence-electron chi connectivity index (χ4n) is 3.08. The molecule has 0 aromatic heterocycles. The lowest BCUT2D eigenvalue weighted by Gasteiger charge is -2.06. The predicted molar refractivity (Wildman–Crippen MR) is 80.2 cm³/mol. The predicted octanol–water partition coefficient (Wildman–Crippen LogP) is 4.59. The molecule has 3 heteroatoms. The molecule has 1 N–H and O–H groups in total. The molecule has 0 saturated heterocycles. The molecule has 3 rings (SSSR count). The van der Waals surface area contributed by atoms with Crippen LogP contribution in [0, 0.1) is 11.3 Å². The van der Waals surface area contributed by atoms with Gasteiger partial charge in [0.1, 0.15) is 0 Å². The topological polar surface area (TPSA) is 12.0 Å². The minimum Gasteiger partial charge on any atom is -0.314 e. The van der Waals surface area contributed by atoms with Crippen LogP contribution in [-0.4, -0.2) is 12.6 Å². The first-order valence-electron chi connectivity index (χ1n) is 6.68. The van der Waals surface area contributed by atoms with Gasteiger partial charge in [-0.1, -0.05) is 47.4 Å². The SMILES string of the molecule is CC1(C)C(CNC2CC2)C1c1ccc(Br)cc1Cl. The van der Waals surface area contributed by atoms with Crippen molar-refractivity contribution in [3.05, 3.63) is 33.3 Å². The van der Waals surface area contributed by atoms with Crippen molar-refractivity contribution >= 4 is 27.5 Å². The highest BCUT2D eigenvalue weighted by atomic mass is 79.9. The average molecular weight is 329 g/mol. The van der Waals surface area contributed by atoms with Crippen molar-refractivity contribution in [2.45, 2.75) is 38.6 Å². The summed E-state index contributed by atoms with van der Waals surface area (Å²) in [4.78, 5) is 0. The highest BCUT2D eigenvalue weighted by molar-refractivity contribution is 9.10. The first-order chi connectivity index (χ1) is 8.50. The zero-order valence-electron chi connectivity index (χ0n) is 10.8. The molecular formula is C15H19BrClN. The second kappa shape index (κ2) is 4.50. The van der Waals surface area contributed by atoms with Gasteiger partial charge in [-0.3, -0.25) is 0 Å². The quantitative estimate of drug-likeness (QED) is 0.852. The van der Waals surface area contributed by atoms with E-state index in [2.05, 4.69) is 47.2 Å². The molecule has 2 atom stereocenters. The van der Waals surface area contributed by atoms with Crippen LogP contribution in [0.4, 0.5) is 0 Å². The summed E-state index contributed by atoms with van der Waals surface area (Å²) in [6.45, 7) is 5.85. The Balaban J connectivity index is 1.74. The first kappa shape index (κ1) is 13.0. The zero-order valence-corrected chi connectivity index (χ0v) is 13.2. The maximum atomic E-state index is 6.38. The standard InChI is InChI=1S/C15H19BrClN/c1-15(2)12(8-18-10-4-5-10)14(15)11-6-3-9(16)7-13(11)17/h3,6-7,10,12,14,18H,4-5,8H2,1-2H3. The third-order valence-corrected chi connectivity index (χ3v) is 5.37. The summed E-state index contributed by atoms with van der Waals surface area (Å²) in [7, 11) is 0. The van der Waals surface area contributed by atoms with Crippen molar-refractivity contribution in [1.82, 2.24) is 5.32 Å². The van der Waals surface area contributed by atoms with Gasteiger partial charge in [0.25, 0.3) is 0 Å². The monoisotopic (exact) mass is 327 g/mol. The lowest BCUT2D eigenvalue weighted by Crippen LogP contribution is -2.20. The Morgan fingerprint density at radius 2 is 2.11 bits per heavy atom. The van der Waals surface area contributed by atoms with Crippen molar-refractivity contribution in [2.75, 3.05) is 6.54 Å². The second-order valence-corrected chi connectivity index (χ2v) is 7.58. The largest absolute Gasteiger partial charge is 0.314 e. The van der Waals surface area contributed by atoms with Crippen LogP contribution >= 0.6 is 27.5 Å². The summed E-state index contributed by atoms with van der Waals surface area (Å²) in [5, 5.41) is 4.55.